The molecule has 2 unspecified atom stereocenters. The summed E-state index contributed by atoms with van der Waals surface area (Å²) in [5.74, 6) is 0.994. The maximum absolute atomic E-state index is 12.6. The molecule has 148 valence electrons. The second-order valence-electron chi connectivity index (χ2n) is 6.86. The SMILES string of the molecule is Cc1noc(C(C)NC(=O)c2cccc(NC(=O)C3Cc4ccccc4O3)c2)n1. The van der Waals surface area contributed by atoms with Gasteiger partial charge in [-0.25, -0.2) is 0 Å². The van der Waals surface area contributed by atoms with Crippen LogP contribution in [-0.4, -0.2) is 28.1 Å². The lowest BCUT2D eigenvalue weighted by Gasteiger charge is -2.13. The predicted molar refractivity (Wildman–Crippen MR) is 105 cm³/mol. The summed E-state index contributed by atoms with van der Waals surface area (Å²) in [4.78, 5) is 29.2. The van der Waals surface area contributed by atoms with Crippen molar-refractivity contribution < 1.29 is 18.8 Å². The van der Waals surface area contributed by atoms with Crippen molar-refractivity contribution in [3.63, 3.8) is 0 Å². The molecule has 0 bridgehead atoms. The molecule has 0 saturated heterocycles. The minimum atomic E-state index is -0.592. The molecule has 2 N–H and O–H groups in total. The van der Waals surface area contributed by atoms with Gasteiger partial charge in [-0.3, -0.25) is 9.59 Å². The summed E-state index contributed by atoms with van der Waals surface area (Å²) >= 11 is 0. The molecule has 2 amide bonds. The summed E-state index contributed by atoms with van der Waals surface area (Å²) in [5.41, 5.74) is 1.93. The van der Waals surface area contributed by atoms with Crippen molar-refractivity contribution in [3.05, 3.63) is 71.4 Å². The highest BCUT2D eigenvalue weighted by atomic mass is 16.5. The number of carbonyl (C=O) groups is 2. The molecule has 8 heteroatoms. The quantitative estimate of drug-likeness (QED) is 0.692. The Morgan fingerprint density at radius 1 is 1.17 bits per heavy atom. The molecule has 2 atom stereocenters. The van der Waals surface area contributed by atoms with Crippen molar-refractivity contribution >= 4 is 17.5 Å². The van der Waals surface area contributed by atoms with Crippen LogP contribution >= 0.6 is 0 Å². The third kappa shape index (κ3) is 4.11. The van der Waals surface area contributed by atoms with E-state index in [1.165, 1.54) is 0 Å². The Kier molecular flexibility index (Phi) is 4.99. The molecule has 1 aliphatic rings. The van der Waals surface area contributed by atoms with Crippen LogP contribution in [0.1, 0.15) is 40.6 Å². The number of fused-ring (bicyclic) bond motifs is 1. The molecule has 1 aromatic heterocycles. The van der Waals surface area contributed by atoms with E-state index in [0.29, 0.717) is 29.4 Å². The maximum Gasteiger partial charge on any atom is 0.265 e. The summed E-state index contributed by atoms with van der Waals surface area (Å²) in [6.45, 7) is 3.46. The van der Waals surface area contributed by atoms with E-state index < -0.39 is 12.1 Å². The van der Waals surface area contributed by atoms with Crippen molar-refractivity contribution in [1.29, 1.82) is 0 Å². The number of ether oxygens (including phenoxy) is 1. The van der Waals surface area contributed by atoms with Crippen LogP contribution in [0.3, 0.4) is 0 Å². The van der Waals surface area contributed by atoms with Crippen LogP contribution in [0.2, 0.25) is 0 Å². The van der Waals surface area contributed by atoms with Crippen molar-refractivity contribution in [1.82, 2.24) is 15.5 Å². The highest BCUT2D eigenvalue weighted by molar-refractivity contribution is 5.98. The van der Waals surface area contributed by atoms with Gasteiger partial charge < -0.3 is 19.9 Å². The molecule has 0 radical (unpaired) electrons. The van der Waals surface area contributed by atoms with Crippen LogP contribution in [0.15, 0.2) is 53.1 Å². The lowest BCUT2D eigenvalue weighted by molar-refractivity contribution is -0.122. The Labute approximate surface area is 167 Å². The van der Waals surface area contributed by atoms with Gasteiger partial charge in [0.1, 0.15) is 11.8 Å². The summed E-state index contributed by atoms with van der Waals surface area (Å²) in [6, 6.07) is 13.8. The van der Waals surface area contributed by atoms with Gasteiger partial charge in [0.25, 0.3) is 11.8 Å². The predicted octanol–water partition coefficient (Wildman–Crippen LogP) is 2.81. The number of benzene rings is 2. The van der Waals surface area contributed by atoms with Gasteiger partial charge in [0.15, 0.2) is 11.9 Å². The van der Waals surface area contributed by atoms with Gasteiger partial charge in [0.2, 0.25) is 5.89 Å². The zero-order valence-electron chi connectivity index (χ0n) is 16.0. The van der Waals surface area contributed by atoms with Crippen LogP contribution < -0.4 is 15.4 Å². The van der Waals surface area contributed by atoms with Gasteiger partial charge in [-0.2, -0.15) is 4.98 Å². The maximum atomic E-state index is 12.6. The van der Waals surface area contributed by atoms with Gasteiger partial charge in [0.05, 0.1) is 0 Å². The topological polar surface area (TPSA) is 106 Å². The highest BCUT2D eigenvalue weighted by Crippen LogP contribution is 2.28. The fourth-order valence-electron chi connectivity index (χ4n) is 3.12. The number of nitrogens with zero attached hydrogens (tertiary/aromatic N) is 2. The van der Waals surface area contributed by atoms with E-state index >= 15 is 0 Å². The number of carbonyl (C=O) groups excluding carboxylic acids is 2. The fourth-order valence-corrected chi connectivity index (χ4v) is 3.12. The van der Waals surface area contributed by atoms with Crippen LogP contribution in [0.25, 0.3) is 0 Å². The average Bonchev–Trinajstić information content (AvgIpc) is 3.34. The first-order valence-corrected chi connectivity index (χ1v) is 9.26. The van der Waals surface area contributed by atoms with E-state index in [1.54, 1.807) is 38.1 Å². The molecular weight excluding hydrogens is 372 g/mol. The number of nitrogens with one attached hydrogen (secondary N) is 2. The first kappa shape index (κ1) is 18.7. The highest BCUT2D eigenvalue weighted by Gasteiger charge is 2.29. The molecule has 2 aromatic carbocycles. The molecule has 0 spiro atoms. The Balaban J connectivity index is 1.39. The van der Waals surface area contributed by atoms with Crippen molar-refractivity contribution in [2.75, 3.05) is 5.32 Å². The third-order valence-electron chi connectivity index (χ3n) is 4.59. The Bertz CT molecular complexity index is 1040. The summed E-state index contributed by atoms with van der Waals surface area (Å²) in [5, 5.41) is 9.34. The Morgan fingerprint density at radius 3 is 2.76 bits per heavy atom. The number of rotatable bonds is 5. The molecule has 1 aliphatic heterocycles. The smallest absolute Gasteiger partial charge is 0.265 e. The lowest BCUT2D eigenvalue weighted by atomic mass is 10.1. The van der Waals surface area contributed by atoms with Crippen molar-refractivity contribution in [2.24, 2.45) is 0 Å². The number of aryl methyl sites for hydroxylation is 1. The van der Waals surface area contributed by atoms with Crippen LogP contribution in [0, 0.1) is 6.92 Å². The van der Waals surface area contributed by atoms with Gasteiger partial charge in [-0.05, 0) is 43.7 Å². The molecule has 4 rings (SSSR count). The summed E-state index contributed by atoms with van der Waals surface area (Å²) in [6.07, 6.45) is -0.0748. The second-order valence-corrected chi connectivity index (χ2v) is 6.86. The van der Waals surface area contributed by atoms with E-state index in [4.69, 9.17) is 9.26 Å². The fraction of sp³-hybridized carbons (Fsp3) is 0.238. The molecule has 3 aromatic rings. The summed E-state index contributed by atoms with van der Waals surface area (Å²) in [7, 11) is 0. The molecule has 0 saturated carbocycles. The van der Waals surface area contributed by atoms with E-state index in [-0.39, 0.29) is 11.8 Å². The number of hydrogen-bond acceptors (Lipinski definition) is 6. The minimum absolute atomic E-state index is 0.256. The lowest BCUT2D eigenvalue weighted by Crippen LogP contribution is -2.31. The third-order valence-corrected chi connectivity index (χ3v) is 4.59. The van der Waals surface area contributed by atoms with Gasteiger partial charge in [-0.1, -0.05) is 29.4 Å². The van der Waals surface area contributed by atoms with E-state index in [1.807, 2.05) is 24.3 Å². The molecule has 2 heterocycles. The zero-order valence-corrected chi connectivity index (χ0v) is 16.0. The number of hydrogen-bond donors (Lipinski definition) is 2. The van der Waals surface area contributed by atoms with Crippen molar-refractivity contribution in [3.8, 4) is 5.75 Å². The van der Waals surface area contributed by atoms with E-state index in [9.17, 15) is 9.59 Å². The largest absolute Gasteiger partial charge is 0.480 e. The molecule has 0 fully saturated rings. The van der Waals surface area contributed by atoms with Gasteiger partial charge in [-0.15, -0.1) is 0 Å². The average molecular weight is 392 g/mol. The standard InChI is InChI=1S/C21H20N4O4/c1-12(21-23-13(2)25-29-21)22-19(26)15-7-5-8-16(10-15)24-20(27)18-11-14-6-3-4-9-17(14)28-18/h3-10,12,18H,11H2,1-2H3,(H,22,26)(H,24,27). The normalized spacial score (nSPS) is 15.9. The van der Waals surface area contributed by atoms with Gasteiger partial charge >= 0.3 is 0 Å². The monoisotopic (exact) mass is 392 g/mol. The first-order valence-electron chi connectivity index (χ1n) is 9.26. The van der Waals surface area contributed by atoms with Crippen LogP contribution in [0.5, 0.6) is 5.75 Å². The molecule has 29 heavy (non-hydrogen) atoms. The van der Waals surface area contributed by atoms with Crippen molar-refractivity contribution in [2.45, 2.75) is 32.4 Å². The number of anilines is 1. The second kappa shape index (κ2) is 7.75. The Hall–Kier alpha value is -3.68. The van der Waals surface area contributed by atoms with Crippen LogP contribution in [0.4, 0.5) is 5.69 Å². The zero-order chi connectivity index (χ0) is 20.4. The van der Waals surface area contributed by atoms with E-state index in [2.05, 4.69) is 20.8 Å². The number of para-hydroxylation sites is 1. The summed E-state index contributed by atoms with van der Waals surface area (Å²) < 4.78 is 10.8. The van der Waals surface area contributed by atoms with E-state index in [0.717, 1.165) is 11.3 Å². The first-order chi connectivity index (χ1) is 14.0. The van der Waals surface area contributed by atoms with Gasteiger partial charge in [0, 0.05) is 17.7 Å². The Morgan fingerprint density at radius 2 is 2.00 bits per heavy atom. The molecular formula is C21H20N4O4. The number of aromatic nitrogens is 2. The number of amides is 2. The minimum Gasteiger partial charge on any atom is -0.480 e. The molecule has 8 nitrogen and oxygen atoms in total. The van der Waals surface area contributed by atoms with Crippen LogP contribution in [-0.2, 0) is 11.2 Å². The molecule has 0 aliphatic carbocycles.